The van der Waals surface area contributed by atoms with E-state index < -0.39 is 0 Å². The number of halogens is 2. The summed E-state index contributed by atoms with van der Waals surface area (Å²) < 4.78 is 12.4. The van der Waals surface area contributed by atoms with Gasteiger partial charge in [0.2, 0.25) is 0 Å². The quantitative estimate of drug-likeness (QED) is 0.710. The summed E-state index contributed by atoms with van der Waals surface area (Å²) in [6.45, 7) is 2.12. The minimum atomic E-state index is 0.174. The van der Waals surface area contributed by atoms with Crippen LogP contribution in [0.5, 0.6) is 11.5 Å². The predicted octanol–water partition coefficient (Wildman–Crippen LogP) is 5.40. The van der Waals surface area contributed by atoms with E-state index in [4.69, 9.17) is 9.47 Å². The third kappa shape index (κ3) is 3.92. The Bertz CT molecular complexity index is 632. The Hall–Kier alpha value is -1.20. The van der Waals surface area contributed by atoms with Crippen LogP contribution < -0.4 is 14.8 Å². The first-order valence-electron chi connectivity index (χ1n) is 6.48. The van der Waals surface area contributed by atoms with Crippen molar-refractivity contribution in [3.05, 3.63) is 50.9 Å². The fraction of sp³-hybridized carbons (Fsp3) is 0.250. The Labute approximate surface area is 141 Å². The number of nitrogens with one attached hydrogen (secondary N) is 1. The second kappa shape index (κ2) is 7.18. The van der Waals surface area contributed by atoms with Crippen LogP contribution in [-0.2, 0) is 0 Å². The standard InChI is InChI=1S/C16H17Br2NO2/c1-10(11-4-6-15(20-2)13(17)8-11)19-12-5-7-16(21-3)14(18)9-12/h4-10,19H,1-3H3. The number of methoxy groups -OCH3 is 2. The summed E-state index contributed by atoms with van der Waals surface area (Å²) >= 11 is 7.01. The van der Waals surface area contributed by atoms with Gasteiger partial charge in [0.1, 0.15) is 11.5 Å². The van der Waals surface area contributed by atoms with Gasteiger partial charge in [0.25, 0.3) is 0 Å². The zero-order chi connectivity index (χ0) is 15.4. The Kier molecular flexibility index (Phi) is 5.53. The van der Waals surface area contributed by atoms with Gasteiger partial charge in [-0.05, 0) is 74.7 Å². The molecule has 2 aromatic carbocycles. The molecule has 112 valence electrons. The number of ether oxygens (including phenoxy) is 2. The summed E-state index contributed by atoms with van der Waals surface area (Å²) in [6, 6.07) is 12.2. The molecular formula is C16H17Br2NO2. The summed E-state index contributed by atoms with van der Waals surface area (Å²) in [5.41, 5.74) is 2.21. The molecule has 1 atom stereocenters. The Morgan fingerprint density at radius 2 is 1.48 bits per heavy atom. The van der Waals surface area contributed by atoms with Crippen LogP contribution in [0.4, 0.5) is 5.69 Å². The number of rotatable bonds is 5. The predicted molar refractivity (Wildman–Crippen MR) is 93.4 cm³/mol. The largest absolute Gasteiger partial charge is 0.496 e. The van der Waals surface area contributed by atoms with E-state index in [0.29, 0.717) is 0 Å². The average molecular weight is 415 g/mol. The van der Waals surface area contributed by atoms with Crippen molar-refractivity contribution in [3.8, 4) is 11.5 Å². The van der Waals surface area contributed by atoms with Crippen LogP contribution in [0, 0.1) is 0 Å². The first-order chi connectivity index (χ1) is 10.0. The van der Waals surface area contributed by atoms with Crippen molar-refractivity contribution in [2.45, 2.75) is 13.0 Å². The monoisotopic (exact) mass is 413 g/mol. The minimum Gasteiger partial charge on any atom is -0.496 e. The normalized spacial score (nSPS) is 11.9. The molecule has 3 nitrogen and oxygen atoms in total. The molecule has 1 N–H and O–H groups in total. The molecule has 1 unspecified atom stereocenters. The van der Waals surface area contributed by atoms with E-state index in [1.54, 1.807) is 14.2 Å². The fourth-order valence-electron chi connectivity index (χ4n) is 2.04. The molecule has 0 amide bonds. The van der Waals surface area contributed by atoms with Crippen molar-refractivity contribution in [2.75, 3.05) is 19.5 Å². The lowest BCUT2D eigenvalue weighted by atomic mass is 10.1. The maximum atomic E-state index is 5.25. The lowest BCUT2D eigenvalue weighted by molar-refractivity contribution is 0.412. The summed E-state index contributed by atoms with van der Waals surface area (Å²) in [5, 5.41) is 3.47. The van der Waals surface area contributed by atoms with Gasteiger partial charge < -0.3 is 14.8 Å². The third-order valence-corrected chi connectivity index (χ3v) is 4.45. The maximum absolute atomic E-state index is 5.25. The highest BCUT2D eigenvalue weighted by Gasteiger charge is 2.09. The average Bonchev–Trinajstić information content (AvgIpc) is 2.47. The summed E-state index contributed by atoms with van der Waals surface area (Å²) in [6.07, 6.45) is 0. The zero-order valence-electron chi connectivity index (χ0n) is 12.1. The van der Waals surface area contributed by atoms with Crippen LogP contribution >= 0.6 is 31.9 Å². The zero-order valence-corrected chi connectivity index (χ0v) is 15.3. The third-order valence-electron chi connectivity index (χ3n) is 3.21. The van der Waals surface area contributed by atoms with Crippen LogP contribution in [0.2, 0.25) is 0 Å². The van der Waals surface area contributed by atoms with Crippen molar-refractivity contribution in [3.63, 3.8) is 0 Å². The van der Waals surface area contributed by atoms with E-state index in [0.717, 1.165) is 26.1 Å². The fourth-order valence-corrected chi connectivity index (χ4v) is 3.14. The minimum absolute atomic E-state index is 0.174. The van der Waals surface area contributed by atoms with Gasteiger partial charge in [-0.3, -0.25) is 0 Å². The van der Waals surface area contributed by atoms with E-state index in [2.05, 4.69) is 56.2 Å². The van der Waals surface area contributed by atoms with E-state index in [1.807, 2.05) is 24.3 Å². The van der Waals surface area contributed by atoms with Gasteiger partial charge >= 0.3 is 0 Å². The van der Waals surface area contributed by atoms with Crippen molar-refractivity contribution in [1.29, 1.82) is 0 Å². The molecule has 5 heteroatoms. The topological polar surface area (TPSA) is 30.5 Å². The lowest BCUT2D eigenvalue weighted by Gasteiger charge is -2.17. The van der Waals surface area contributed by atoms with Crippen molar-refractivity contribution in [2.24, 2.45) is 0 Å². The maximum Gasteiger partial charge on any atom is 0.133 e. The molecule has 0 aromatic heterocycles. The highest BCUT2D eigenvalue weighted by Crippen LogP contribution is 2.31. The molecule has 0 saturated carbocycles. The SMILES string of the molecule is COc1ccc(NC(C)c2ccc(OC)c(Br)c2)cc1Br. The first-order valence-corrected chi connectivity index (χ1v) is 8.07. The molecule has 0 spiro atoms. The summed E-state index contributed by atoms with van der Waals surface area (Å²) in [4.78, 5) is 0. The van der Waals surface area contributed by atoms with Gasteiger partial charge in [0, 0.05) is 11.7 Å². The van der Waals surface area contributed by atoms with Gasteiger partial charge in [-0.1, -0.05) is 6.07 Å². The smallest absolute Gasteiger partial charge is 0.133 e. The summed E-state index contributed by atoms with van der Waals surface area (Å²) in [7, 11) is 3.32. The highest BCUT2D eigenvalue weighted by molar-refractivity contribution is 9.10. The van der Waals surface area contributed by atoms with E-state index >= 15 is 0 Å². The number of hydrogen-bond acceptors (Lipinski definition) is 3. The molecule has 0 bridgehead atoms. The Morgan fingerprint density at radius 1 is 0.905 bits per heavy atom. The second-order valence-corrected chi connectivity index (χ2v) is 6.32. The van der Waals surface area contributed by atoms with Crippen LogP contribution in [0.1, 0.15) is 18.5 Å². The molecule has 21 heavy (non-hydrogen) atoms. The van der Waals surface area contributed by atoms with Gasteiger partial charge in [0.15, 0.2) is 0 Å². The number of benzene rings is 2. The molecule has 0 heterocycles. The molecule has 0 radical (unpaired) electrons. The molecule has 0 saturated heterocycles. The van der Waals surface area contributed by atoms with Gasteiger partial charge in [-0.2, -0.15) is 0 Å². The van der Waals surface area contributed by atoms with Crippen LogP contribution in [0.15, 0.2) is 45.3 Å². The van der Waals surface area contributed by atoms with E-state index in [1.165, 1.54) is 5.56 Å². The van der Waals surface area contributed by atoms with Crippen molar-refractivity contribution in [1.82, 2.24) is 0 Å². The Balaban J connectivity index is 2.15. The molecule has 2 rings (SSSR count). The highest BCUT2D eigenvalue weighted by atomic mass is 79.9. The number of hydrogen-bond donors (Lipinski definition) is 1. The van der Waals surface area contributed by atoms with Gasteiger partial charge in [-0.15, -0.1) is 0 Å². The molecule has 0 fully saturated rings. The van der Waals surface area contributed by atoms with Gasteiger partial charge in [0.05, 0.1) is 23.2 Å². The van der Waals surface area contributed by atoms with Crippen LogP contribution in [0.3, 0.4) is 0 Å². The van der Waals surface area contributed by atoms with Crippen LogP contribution in [-0.4, -0.2) is 14.2 Å². The molecule has 0 aliphatic rings. The molecule has 0 aliphatic heterocycles. The summed E-state index contributed by atoms with van der Waals surface area (Å²) in [5.74, 6) is 1.65. The molecular weight excluding hydrogens is 398 g/mol. The first kappa shape index (κ1) is 16.2. The number of anilines is 1. The molecule has 0 aliphatic carbocycles. The van der Waals surface area contributed by atoms with Gasteiger partial charge in [-0.25, -0.2) is 0 Å². The van der Waals surface area contributed by atoms with Crippen LogP contribution in [0.25, 0.3) is 0 Å². The van der Waals surface area contributed by atoms with E-state index in [9.17, 15) is 0 Å². The van der Waals surface area contributed by atoms with E-state index in [-0.39, 0.29) is 6.04 Å². The second-order valence-electron chi connectivity index (χ2n) is 4.61. The molecule has 2 aromatic rings. The van der Waals surface area contributed by atoms with Crippen molar-refractivity contribution >= 4 is 37.5 Å². The lowest BCUT2D eigenvalue weighted by Crippen LogP contribution is -2.06. The van der Waals surface area contributed by atoms with Crippen molar-refractivity contribution < 1.29 is 9.47 Å². The Morgan fingerprint density at radius 3 is 2.00 bits per heavy atom.